The lowest BCUT2D eigenvalue weighted by Gasteiger charge is -2.08. The van der Waals surface area contributed by atoms with E-state index >= 15 is 0 Å². The van der Waals surface area contributed by atoms with Crippen molar-refractivity contribution in [2.75, 3.05) is 0 Å². The maximum absolute atomic E-state index is 13.6. The van der Waals surface area contributed by atoms with Gasteiger partial charge in [0, 0.05) is 10.6 Å². The lowest BCUT2D eigenvalue weighted by Crippen LogP contribution is -2.07. The van der Waals surface area contributed by atoms with Crippen LogP contribution in [-0.2, 0) is 6.54 Å². The molecule has 0 atom stereocenters. The maximum atomic E-state index is 13.6. The van der Waals surface area contributed by atoms with Gasteiger partial charge in [0.25, 0.3) is 0 Å². The van der Waals surface area contributed by atoms with E-state index in [9.17, 15) is 9.18 Å². The predicted octanol–water partition coefficient (Wildman–Crippen LogP) is 2.73. The number of nitrogens with zero attached hydrogens (tertiary/aromatic N) is 2. The highest BCUT2D eigenvalue weighted by Gasteiger charge is 2.15. The molecule has 0 saturated heterocycles. The van der Waals surface area contributed by atoms with E-state index in [1.54, 1.807) is 13.0 Å². The molecule has 0 aliphatic carbocycles. The van der Waals surface area contributed by atoms with Gasteiger partial charge in [-0.3, -0.25) is 4.68 Å². The number of aromatic nitrogens is 2. The van der Waals surface area contributed by atoms with Crippen LogP contribution < -0.4 is 0 Å². The molecular formula is C12H10ClFN2O2. The smallest absolute Gasteiger partial charge is 0.339 e. The predicted molar refractivity (Wildman–Crippen MR) is 64.4 cm³/mol. The van der Waals surface area contributed by atoms with Gasteiger partial charge in [-0.25, -0.2) is 9.18 Å². The average Bonchev–Trinajstić information content (AvgIpc) is 2.66. The van der Waals surface area contributed by atoms with Gasteiger partial charge in [0.05, 0.1) is 18.4 Å². The van der Waals surface area contributed by atoms with Crippen LogP contribution in [0.5, 0.6) is 0 Å². The monoisotopic (exact) mass is 268 g/mol. The maximum Gasteiger partial charge on any atom is 0.339 e. The van der Waals surface area contributed by atoms with Crippen LogP contribution in [0.25, 0.3) is 0 Å². The van der Waals surface area contributed by atoms with Gasteiger partial charge in [0.1, 0.15) is 11.4 Å². The molecule has 0 spiro atoms. The molecular weight excluding hydrogens is 259 g/mol. The number of carboxylic acid groups (broad SMARTS) is 1. The van der Waals surface area contributed by atoms with E-state index in [0.717, 1.165) is 0 Å². The van der Waals surface area contributed by atoms with E-state index in [0.29, 0.717) is 16.3 Å². The molecule has 0 unspecified atom stereocenters. The number of aromatic carboxylic acids is 1. The minimum atomic E-state index is -1.06. The molecule has 18 heavy (non-hydrogen) atoms. The lowest BCUT2D eigenvalue weighted by molar-refractivity contribution is 0.0696. The summed E-state index contributed by atoms with van der Waals surface area (Å²) in [6.07, 6.45) is 1.24. The Balaban J connectivity index is 2.38. The molecule has 1 aromatic carbocycles. The second-order valence-corrected chi connectivity index (χ2v) is 4.21. The zero-order valence-electron chi connectivity index (χ0n) is 9.52. The van der Waals surface area contributed by atoms with E-state index in [1.165, 1.54) is 23.0 Å². The van der Waals surface area contributed by atoms with Gasteiger partial charge in [-0.2, -0.15) is 5.10 Å². The molecule has 1 aromatic heterocycles. The SMILES string of the molecule is Cc1c(C(=O)O)cnn1Cc1c(F)cccc1Cl. The summed E-state index contributed by atoms with van der Waals surface area (Å²) in [6, 6.07) is 4.40. The molecule has 94 valence electrons. The minimum Gasteiger partial charge on any atom is -0.478 e. The van der Waals surface area contributed by atoms with E-state index in [4.69, 9.17) is 16.7 Å². The van der Waals surface area contributed by atoms with Crippen molar-refractivity contribution >= 4 is 17.6 Å². The summed E-state index contributed by atoms with van der Waals surface area (Å²) in [4.78, 5) is 10.9. The first kappa shape index (κ1) is 12.6. The fraction of sp³-hybridized carbons (Fsp3) is 0.167. The van der Waals surface area contributed by atoms with Crippen molar-refractivity contribution in [3.63, 3.8) is 0 Å². The first-order valence-electron chi connectivity index (χ1n) is 5.19. The number of carboxylic acids is 1. The highest BCUT2D eigenvalue weighted by Crippen LogP contribution is 2.21. The Kier molecular flexibility index (Phi) is 3.34. The molecule has 0 bridgehead atoms. The molecule has 1 N–H and O–H groups in total. The van der Waals surface area contributed by atoms with Crippen LogP contribution in [-0.4, -0.2) is 20.9 Å². The van der Waals surface area contributed by atoms with Crippen molar-refractivity contribution < 1.29 is 14.3 Å². The number of carbonyl (C=O) groups is 1. The lowest BCUT2D eigenvalue weighted by atomic mass is 10.2. The molecule has 0 amide bonds. The topological polar surface area (TPSA) is 55.1 Å². The summed E-state index contributed by atoms with van der Waals surface area (Å²) >= 11 is 5.90. The van der Waals surface area contributed by atoms with Gasteiger partial charge >= 0.3 is 5.97 Å². The molecule has 2 aromatic rings. The average molecular weight is 269 g/mol. The molecule has 0 fully saturated rings. The van der Waals surface area contributed by atoms with Gasteiger partial charge < -0.3 is 5.11 Å². The Bertz CT molecular complexity index is 590. The zero-order chi connectivity index (χ0) is 13.3. The zero-order valence-corrected chi connectivity index (χ0v) is 10.3. The minimum absolute atomic E-state index is 0.0995. The number of hydrogen-bond acceptors (Lipinski definition) is 2. The van der Waals surface area contributed by atoms with Crippen molar-refractivity contribution in [1.29, 1.82) is 0 Å². The number of rotatable bonds is 3. The van der Waals surface area contributed by atoms with Crippen molar-refractivity contribution in [3.8, 4) is 0 Å². The van der Waals surface area contributed by atoms with Crippen molar-refractivity contribution in [2.24, 2.45) is 0 Å². The van der Waals surface area contributed by atoms with Gasteiger partial charge in [-0.1, -0.05) is 17.7 Å². The van der Waals surface area contributed by atoms with Crippen molar-refractivity contribution in [3.05, 3.63) is 52.1 Å². The molecule has 4 nitrogen and oxygen atoms in total. The van der Waals surface area contributed by atoms with Crippen LogP contribution in [0.1, 0.15) is 21.6 Å². The highest BCUT2D eigenvalue weighted by atomic mass is 35.5. The van der Waals surface area contributed by atoms with E-state index in [2.05, 4.69) is 5.10 Å². The number of hydrogen-bond donors (Lipinski definition) is 1. The molecule has 0 radical (unpaired) electrons. The Hall–Kier alpha value is -1.88. The van der Waals surface area contributed by atoms with E-state index in [1.807, 2.05) is 0 Å². The molecule has 6 heteroatoms. The molecule has 0 saturated carbocycles. The van der Waals surface area contributed by atoms with Crippen LogP contribution in [0, 0.1) is 12.7 Å². The summed E-state index contributed by atoms with van der Waals surface area (Å²) in [5, 5.41) is 13.1. The van der Waals surface area contributed by atoms with Gasteiger partial charge in [0.2, 0.25) is 0 Å². The fourth-order valence-corrected chi connectivity index (χ4v) is 1.87. The third-order valence-corrected chi connectivity index (χ3v) is 3.06. The Morgan fingerprint density at radius 1 is 1.56 bits per heavy atom. The normalized spacial score (nSPS) is 10.6. The van der Waals surface area contributed by atoms with Crippen LogP contribution in [0.4, 0.5) is 4.39 Å². The Morgan fingerprint density at radius 3 is 2.83 bits per heavy atom. The third kappa shape index (κ3) is 2.22. The second-order valence-electron chi connectivity index (χ2n) is 3.81. The van der Waals surface area contributed by atoms with Crippen LogP contribution in [0.2, 0.25) is 5.02 Å². The summed E-state index contributed by atoms with van der Waals surface area (Å²) in [7, 11) is 0. The number of halogens is 2. The number of benzene rings is 1. The van der Waals surface area contributed by atoms with Crippen LogP contribution in [0.15, 0.2) is 24.4 Å². The Morgan fingerprint density at radius 2 is 2.28 bits per heavy atom. The quantitative estimate of drug-likeness (QED) is 0.931. The molecule has 0 aliphatic rings. The second kappa shape index (κ2) is 4.78. The summed E-state index contributed by atoms with van der Waals surface area (Å²) in [5.74, 6) is -1.49. The van der Waals surface area contributed by atoms with Crippen LogP contribution in [0.3, 0.4) is 0 Å². The molecule has 1 heterocycles. The molecule has 0 aliphatic heterocycles. The summed E-state index contributed by atoms with van der Waals surface area (Å²) in [5.41, 5.74) is 0.853. The van der Waals surface area contributed by atoms with Crippen molar-refractivity contribution in [1.82, 2.24) is 9.78 Å². The van der Waals surface area contributed by atoms with E-state index < -0.39 is 11.8 Å². The summed E-state index contributed by atoms with van der Waals surface area (Å²) < 4.78 is 15.0. The van der Waals surface area contributed by atoms with Gasteiger partial charge in [0.15, 0.2) is 0 Å². The summed E-state index contributed by atoms with van der Waals surface area (Å²) in [6.45, 7) is 1.72. The Labute approximate surface area is 108 Å². The third-order valence-electron chi connectivity index (χ3n) is 2.70. The van der Waals surface area contributed by atoms with Crippen molar-refractivity contribution in [2.45, 2.75) is 13.5 Å². The highest BCUT2D eigenvalue weighted by molar-refractivity contribution is 6.31. The first-order chi connectivity index (χ1) is 8.50. The van der Waals surface area contributed by atoms with Gasteiger partial charge in [-0.05, 0) is 19.1 Å². The standard InChI is InChI=1S/C12H10ClFN2O2/c1-7-8(12(17)18)5-15-16(7)6-9-10(13)3-2-4-11(9)14/h2-5H,6H2,1H3,(H,17,18). The first-order valence-corrected chi connectivity index (χ1v) is 5.57. The van der Waals surface area contributed by atoms with Crippen LogP contribution >= 0.6 is 11.6 Å². The largest absolute Gasteiger partial charge is 0.478 e. The molecule has 2 rings (SSSR count). The fourth-order valence-electron chi connectivity index (χ4n) is 1.65. The van der Waals surface area contributed by atoms with E-state index in [-0.39, 0.29) is 12.1 Å². The van der Waals surface area contributed by atoms with Gasteiger partial charge in [-0.15, -0.1) is 0 Å².